The minimum Gasteiger partial charge on any atom is -1.00 e. The SMILES string of the molecule is Cc1ccc(C2(O)CN(c3ccc4c(c3)OCO4)C3=[N+]2CCCCC3)cc1.[Br-]. The van der Waals surface area contributed by atoms with Crippen molar-refractivity contribution in [3.05, 3.63) is 53.6 Å². The van der Waals surface area contributed by atoms with Gasteiger partial charge in [0.2, 0.25) is 6.79 Å². The van der Waals surface area contributed by atoms with E-state index in [4.69, 9.17) is 9.47 Å². The van der Waals surface area contributed by atoms with Crippen molar-refractivity contribution in [3.8, 4) is 11.5 Å². The Hall–Kier alpha value is -2.05. The van der Waals surface area contributed by atoms with Gasteiger partial charge in [-0.2, -0.15) is 0 Å². The molecule has 148 valence electrons. The highest BCUT2D eigenvalue weighted by molar-refractivity contribution is 5.96. The van der Waals surface area contributed by atoms with E-state index < -0.39 is 5.72 Å². The van der Waals surface area contributed by atoms with Crippen molar-refractivity contribution in [1.29, 1.82) is 0 Å². The Kier molecular flexibility index (Phi) is 5.10. The molecule has 1 N–H and O–H groups in total. The molecule has 0 saturated carbocycles. The number of hydrogen-bond donors (Lipinski definition) is 1. The molecule has 0 radical (unpaired) electrons. The van der Waals surface area contributed by atoms with Crippen LogP contribution in [0.1, 0.15) is 36.8 Å². The second-order valence-corrected chi connectivity index (χ2v) is 7.68. The largest absolute Gasteiger partial charge is 1.00 e. The van der Waals surface area contributed by atoms with Crippen molar-refractivity contribution in [1.82, 2.24) is 0 Å². The zero-order valence-corrected chi connectivity index (χ0v) is 17.6. The van der Waals surface area contributed by atoms with Crippen LogP contribution in [0.15, 0.2) is 42.5 Å². The fraction of sp³-hybridized carbons (Fsp3) is 0.409. The first kappa shape index (κ1) is 19.3. The summed E-state index contributed by atoms with van der Waals surface area (Å²) in [5.74, 6) is 2.77. The number of amidine groups is 1. The normalized spacial score (nSPS) is 23.3. The summed E-state index contributed by atoms with van der Waals surface area (Å²) in [6.07, 6.45) is 4.42. The second kappa shape index (κ2) is 7.41. The molecule has 0 saturated heterocycles. The molecule has 3 aliphatic rings. The van der Waals surface area contributed by atoms with E-state index in [1.54, 1.807) is 0 Å². The molecule has 1 unspecified atom stereocenters. The minimum absolute atomic E-state index is 0. The van der Waals surface area contributed by atoms with Gasteiger partial charge in [-0.1, -0.05) is 29.8 Å². The molecule has 2 aromatic rings. The fourth-order valence-electron chi connectivity index (χ4n) is 4.43. The van der Waals surface area contributed by atoms with E-state index in [0.29, 0.717) is 6.54 Å². The van der Waals surface area contributed by atoms with Crippen LogP contribution in [0.3, 0.4) is 0 Å². The van der Waals surface area contributed by atoms with Crippen LogP contribution >= 0.6 is 0 Å². The van der Waals surface area contributed by atoms with Crippen molar-refractivity contribution in [3.63, 3.8) is 0 Å². The molecule has 0 aromatic heterocycles. The van der Waals surface area contributed by atoms with Gasteiger partial charge < -0.3 is 31.6 Å². The molecule has 2 aromatic carbocycles. The summed E-state index contributed by atoms with van der Waals surface area (Å²) in [7, 11) is 0. The Bertz CT molecular complexity index is 912. The van der Waals surface area contributed by atoms with Crippen LogP contribution in [0.5, 0.6) is 11.5 Å². The summed E-state index contributed by atoms with van der Waals surface area (Å²) in [4.78, 5) is 2.26. The average Bonchev–Trinajstić information content (AvgIpc) is 3.15. The van der Waals surface area contributed by atoms with E-state index in [1.165, 1.54) is 17.8 Å². The molecule has 5 rings (SSSR count). The standard InChI is InChI=1S/C22H25N2O3.BrH/c1-16-6-8-17(9-7-16)22(25)14-23(21-5-3-2-4-12-24(21)22)18-10-11-19-20(13-18)27-15-26-19;/h6-11,13,25H,2-5,12,14-15H2,1H3;1H/q+1;/p-1. The number of β-amino-alcohol motifs (C(OH)–C–C–N with tert-alkyl or cyclic N) is 1. The number of anilines is 1. The number of aryl methyl sites for hydroxylation is 1. The van der Waals surface area contributed by atoms with E-state index in [2.05, 4.69) is 46.7 Å². The Morgan fingerprint density at radius 2 is 1.79 bits per heavy atom. The fourth-order valence-corrected chi connectivity index (χ4v) is 4.43. The summed E-state index contributed by atoms with van der Waals surface area (Å²) in [6, 6.07) is 14.3. The third-order valence-electron chi connectivity index (χ3n) is 5.91. The van der Waals surface area contributed by atoms with Gasteiger partial charge in [-0.3, -0.25) is 0 Å². The van der Waals surface area contributed by atoms with Crippen LogP contribution in [0.4, 0.5) is 5.69 Å². The molecule has 0 amide bonds. The molecule has 0 fully saturated rings. The number of fused-ring (bicyclic) bond motifs is 1. The number of benzene rings is 2. The van der Waals surface area contributed by atoms with Crippen LogP contribution < -0.4 is 31.4 Å². The molecule has 0 aliphatic carbocycles. The van der Waals surface area contributed by atoms with Gasteiger partial charge in [-0.25, -0.2) is 9.48 Å². The zero-order chi connectivity index (χ0) is 18.4. The lowest BCUT2D eigenvalue weighted by Gasteiger charge is -2.23. The third-order valence-corrected chi connectivity index (χ3v) is 5.91. The molecule has 0 bridgehead atoms. The van der Waals surface area contributed by atoms with E-state index in [9.17, 15) is 5.11 Å². The van der Waals surface area contributed by atoms with Gasteiger partial charge in [0.25, 0.3) is 11.6 Å². The van der Waals surface area contributed by atoms with Crippen LogP contribution in [-0.4, -0.2) is 35.4 Å². The first-order valence-corrected chi connectivity index (χ1v) is 9.75. The maximum absolute atomic E-state index is 11.8. The Balaban J connectivity index is 0.00000192. The third kappa shape index (κ3) is 3.08. The highest BCUT2D eigenvalue weighted by Gasteiger charge is 2.52. The van der Waals surface area contributed by atoms with Crippen molar-refractivity contribution in [2.24, 2.45) is 0 Å². The molecule has 3 aliphatic heterocycles. The first-order chi connectivity index (χ1) is 13.1. The second-order valence-electron chi connectivity index (χ2n) is 7.68. The molecule has 6 heteroatoms. The lowest BCUT2D eigenvalue weighted by atomic mass is 10.0. The number of ether oxygens (including phenoxy) is 2. The topological polar surface area (TPSA) is 44.9 Å². The van der Waals surface area contributed by atoms with Gasteiger partial charge in [-0.15, -0.1) is 0 Å². The highest BCUT2D eigenvalue weighted by atomic mass is 79.9. The van der Waals surface area contributed by atoms with Gasteiger partial charge >= 0.3 is 0 Å². The van der Waals surface area contributed by atoms with E-state index >= 15 is 0 Å². The lowest BCUT2D eigenvalue weighted by molar-refractivity contribution is -0.658. The first-order valence-electron chi connectivity index (χ1n) is 9.75. The van der Waals surface area contributed by atoms with Crippen molar-refractivity contribution in [2.45, 2.75) is 38.3 Å². The quantitative estimate of drug-likeness (QED) is 0.680. The van der Waals surface area contributed by atoms with Gasteiger partial charge in [0, 0.05) is 18.1 Å². The van der Waals surface area contributed by atoms with Crippen LogP contribution in [0.25, 0.3) is 0 Å². The predicted octanol–water partition coefficient (Wildman–Crippen LogP) is 0.378. The Morgan fingerprint density at radius 1 is 1.00 bits per heavy atom. The van der Waals surface area contributed by atoms with Crippen molar-refractivity contribution >= 4 is 11.5 Å². The van der Waals surface area contributed by atoms with Gasteiger partial charge in [0.15, 0.2) is 18.0 Å². The maximum Gasteiger partial charge on any atom is 0.271 e. The average molecular weight is 445 g/mol. The Labute approximate surface area is 176 Å². The predicted molar refractivity (Wildman–Crippen MR) is 104 cm³/mol. The summed E-state index contributed by atoms with van der Waals surface area (Å²) in [5, 5.41) is 11.8. The van der Waals surface area contributed by atoms with Crippen LogP contribution in [0, 0.1) is 6.92 Å². The summed E-state index contributed by atoms with van der Waals surface area (Å²) >= 11 is 0. The highest BCUT2D eigenvalue weighted by Crippen LogP contribution is 2.40. The molecular formula is C22H25BrN2O3. The number of aliphatic hydroxyl groups is 1. The smallest absolute Gasteiger partial charge is 0.271 e. The van der Waals surface area contributed by atoms with E-state index in [1.807, 2.05) is 12.1 Å². The summed E-state index contributed by atoms with van der Waals surface area (Å²) < 4.78 is 13.2. The van der Waals surface area contributed by atoms with Crippen LogP contribution in [0.2, 0.25) is 0 Å². The molecule has 3 heterocycles. The van der Waals surface area contributed by atoms with E-state index in [0.717, 1.165) is 48.6 Å². The van der Waals surface area contributed by atoms with Crippen LogP contribution in [-0.2, 0) is 5.72 Å². The molecule has 5 nitrogen and oxygen atoms in total. The number of hydrogen-bond acceptors (Lipinski definition) is 4. The maximum atomic E-state index is 11.8. The van der Waals surface area contributed by atoms with Crippen molar-refractivity contribution < 1.29 is 36.1 Å². The minimum atomic E-state index is -1.01. The molecule has 0 spiro atoms. The number of halogens is 1. The lowest BCUT2D eigenvalue weighted by Crippen LogP contribution is -3.00. The van der Waals surface area contributed by atoms with Crippen molar-refractivity contribution in [2.75, 3.05) is 24.8 Å². The summed E-state index contributed by atoms with van der Waals surface area (Å²) in [6.45, 7) is 3.74. The summed E-state index contributed by atoms with van der Waals surface area (Å²) in [5.41, 5.74) is 2.19. The molecule has 28 heavy (non-hydrogen) atoms. The van der Waals surface area contributed by atoms with Gasteiger partial charge in [0.1, 0.15) is 5.69 Å². The molecular weight excluding hydrogens is 420 g/mol. The Morgan fingerprint density at radius 3 is 2.61 bits per heavy atom. The number of rotatable bonds is 2. The van der Waals surface area contributed by atoms with Gasteiger partial charge in [0.05, 0.1) is 6.54 Å². The zero-order valence-electron chi connectivity index (χ0n) is 16.0. The molecule has 1 atom stereocenters. The van der Waals surface area contributed by atoms with E-state index in [-0.39, 0.29) is 23.8 Å². The van der Waals surface area contributed by atoms with Gasteiger partial charge in [-0.05, 0) is 38.3 Å². The monoisotopic (exact) mass is 444 g/mol. The number of nitrogens with zero attached hydrogens (tertiary/aromatic N) is 2.